The Kier molecular flexibility index (Phi) is 8.10. The van der Waals surface area contributed by atoms with Gasteiger partial charge in [-0.3, -0.25) is 9.35 Å². The molecule has 1 aromatic carbocycles. The van der Waals surface area contributed by atoms with Crippen LogP contribution in [0.1, 0.15) is 38.7 Å². The van der Waals surface area contributed by atoms with E-state index < -0.39 is 16.1 Å². The Labute approximate surface area is 120 Å². The maximum absolute atomic E-state index is 10.5. The molecule has 0 aromatic heterocycles. The van der Waals surface area contributed by atoms with Crippen LogP contribution in [0.2, 0.25) is 0 Å². The second-order valence-corrected chi connectivity index (χ2v) is 6.09. The smallest absolute Gasteiger partial charge is 0.306 e. The van der Waals surface area contributed by atoms with Gasteiger partial charge in [0.15, 0.2) is 0 Å². The first kappa shape index (κ1) is 18.6. The van der Waals surface area contributed by atoms with E-state index >= 15 is 0 Å². The van der Waals surface area contributed by atoms with Crippen molar-refractivity contribution in [3.05, 3.63) is 29.8 Å². The van der Waals surface area contributed by atoms with Crippen molar-refractivity contribution < 1.29 is 22.9 Å². The molecule has 1 aromatic rings. The summed E-state index contributed by atoms with van der Waals surface area (Å²) in [7, 11) is -4.02. The van der Waals surface area contributed by atoms with Gasteiger partial charge in [0.25, 0.3) is 10.1 Å². The minimum absolute atomic E-state index is 0.0666. The summed E-state index contributed by atoms with van der Waals surface area (Å²) < 4.78 is 29.6. The molecule has 1 unspecified atom stereocenters. The molecule has 1 rings (SSSR count). The monoisotopic (exact) mass is 302 g/mol. The van der Waals surface area contributed by atoms with Crippen molar-refractivity contribution in [2.24, 2.45) is 5.92 Å². The molecule has 0 saturated carbocycles. The van der Waals surface area contributed by atoms with Crippen LogP contribution < -0.4 is 0 Å². The van der Waals surface area contributed by atoms with Crippen LogP contribution in [0.3, 0.4) is 0 Å². The van der Waals surface area contributed by atoms with E-state index in [-0.39, 0.29) is 10.8 Å². The standard InChI is InChI=1S/C7H8O3S.C7H14O2/c1-6-2-4-7(5-3-6)11(8,9)10;1-3-4-5-6(2)7(8)9/h2-5H,1H3,(H,8,9,10);6H,3-5H2,1-2H3,(H,8,9). The lowest BCUT2D eigenvalue weighted by Gasteiger charge is -2.02. The van der Waals surface area contributed by atoms with Crippen LogP contribution in [-0.2, 0) is 14.9 Å². The van der Waals surface area contributed by atoms with Gasteiger partial charge in [-0.15, -0.1) is 0 Å². The summed E-state index contributed by atoms with van der Waals surface area (Å²) in [6.07, 6.45) is 2.91. The Morgan fingerprint density at radius 2 is 1.75 bits per heavy atom. The number of rotatable bonds is 5. The summed E-state index contributed by atoms with van der Waals surface area (Å²) >= 11 is 0. The number of carboxylic acids is 1. The molecule has 0 bridgehead atoms. The highest BCUT2D eigenvalue weighted by Crippen LogP contribution is 2.08. The topological polar surface area (TPSA) is 91.7 Å². The van der Waals surface area contributed by atoms with E-state index in [0.717, 1.165) is 24.8 Å². The second-order valence-electron chi connectivity index (χ2n) is 4.67. The fraction of sp³-hybridized carbons (Fsp3) is 0.500. The van der Waals surface area contributed by atoms with Gasteiger partial charge in [-0.2, -0.15) is 8.42 Å². The van der Waals surface area contributed by atoms with Gasteiger partial charge in [0.1, 0.15) is 0 Å². The molecule has 0 aliphatic heterocycles. The van der Waals surface area contributed by atoms with Gasteiger partial charge in [-0.1, -0.05) is 44.4 Å². The predicted octanol–water partition coefficient (Wildman–Crippen LogP) is 3.14. The van der Waals surface area contributed by atoms with Crippen molar-refractivity contribution in [1.82, 2.24) is 0 Å². The molecule has 0 aliphatic rings. The molecule has 0 heterocycles. The van der Waals surface area contributed by atoms with Gasteiger partial charge in [0.2, 0.25) is 0 Å². The lowest BCUT2D eigenvalue weighted by atomic mass is 10.1. The zero-order valence-electron chi connectivity index (χ0n) is 12.0. The molecule has 0 amide bonds. The Bertz CT molecular complexity index is 505. The summed E-state index contributed by atoms with van der Waals surface area (Å²) in [5, 5.41) is 8.41. The van der Waals surface area contributed by atoms with Gasteiger partial charge in [0, 0.05) is 0 Å². The van der Waals surface area contributed by atoms with Crippen LogP contribution in [0.5, 0.6) is 0 Å². The Morgan fingerprint density at radius 3 is 2.10 bits per heavy atom. The van der Waals surface area contributed by atoms with E-state index in [0.29, 0.717) is 0 Å². The zero-order valence-corrected chi connectivity index (χ0v) is 12.9. The molecular weight excluding hydrogens is 280 g/mol. The van der Waals surface area contributed by atoms with Crippen molar-refractivity contribution in [3.63, 3.8) is 0 Å². The summed E-state index contributed by atoms with van der Waals surface area (Å²) in [6, 6.07) is 5.99. The molecule has 114 valence electrons. The van der Waals surface area contributed by atoms with Crippen LogP contribution >= 0.6 is 0 Å². The third kappa shape index (κ3) is 7.91. The average Bonchev–Trinajstić information content (AvgIpc) is 2.36. The molecule has 6 heteroatoms. The van der Waals surface area contributed by atoms with Gasteiger partial charge >= 0.3 is 5.97 Å². The quantitative estimate of drug-likeness (QED) is 0.815. The predicted molar refractivity (Wildman–Crippen MR) is 77.3 cm³/mol. The van der Waals surface area contributed by atoms with Crippen molar-refractivity contribution in [3.8, 4) is 0 Å². The maximum Gasteiger partial charge on any atom is 0.306 e. The molecule has 0 saturated heterocycles. The van der Waals surface area contributed by atoms with E-state index in [2.05, 4.69) is 6.92 Å². The summed E-state index contributed by atoms with van der Waals surface area (Å²) in [5.74, 6) is -0.839. The number of unbranched alkanes of at least 4 members (excludes halogenated alkanes) is 1. The van der Waals surface area contributed by atoms with E-state index in [1.165, 1.54) is 12.1 Å². The Morgan fingerprint density at radius 1 is 1.25 bits per heavy atom. The number of benzene rings is 1. The molecule has 20 heavy (non-hydrogen) atoms. The normalized spacial score (nSPS) is 12.2. The van der Waals surface area contributed by atoms with Crippen molar-refractivity contribution in [1.29, 1.82) is 0 Å². The van der Waals surface area contributed by atoms with Crippen molar-refractivity contribution >= 4 is 16.1 Å². The first-order chi connectivity index (χ1) is 9.18. The van der Waals surface area contributed by atoms with Crippen molar-refractivity contribution in [2.45, 2.75) is 44.9 Å². The first-order valence-corrected chi connectivity index (χ1v) is 7.89. The number of hydrogen-bond donors (Lipinski definition) is 2. The van der Waals surface area contributed by atoms with Gasteiger partial charge in [-0.05, 0) is 25.5 Å². The summed E-state index contributed by atoms with van der Waals surface area (Å²) in [5.41, 5.74) is 0.956. The molecule has 0 radical (unpaired) electrons. The molecular formula is C14H22O5S. The number of hydrogen-bond acceptors (Lipinski definition) is 3. The minimum Gasteiger partial charge on any atom is -0.481 e. The van der Waals surface area contributed by atoms with Crippen LogP contribution in [0.4, 0.5) is 0 Å². The molecule has 0 spiro atoms. The maximum atomic E-state index is 10.5. The van der Waals surface area contributed by atoms with Crippen LogP contribution in [0.25, 0.3) is 0 Å². The largest absolute Gasteiger partial charge is 0.481 e. The fourth-order valence-corrected chi connectivity index (χ4v) is 1.82. The summed E-state index contributed by atoms with van der Waals surface area (Å²) in [4.78, 5) is 10.1. The van der Waals surface area contributed by atoms with E-state index in [1.54, 1.807) is 19.1 Å². The Hall–Kier alpha value is -1.40. The van der Waals surface area contributed by atoms with Gasteiger partial charge < -0.3 is 5.11 Å². The highest BCUT2D eigenvalue weighted by atomic mass is 32.2. The molecule has 2 N–H and O–H groups in total. The highest BCUT2D eigenvalue weighted by molar-refractivity contribution is 7.85. The SMILES string of the molecule is CCCCC(C)C(=O)O.Cc1ccc(S(=O)(=O)O)cc1. The molecule has 1 atom stereocenters. The lowest BCUT2D eigenvalue weighted by Crippen LogP contribution is -2.08. The zero-order chi connectivity index (χ0) is 15.8. The average molecular weight is 302 g/mol. The second kappa shape index (κ2) is 8.71. The number of aliphatic carboxylic acids is 1. The lowest BCUT2D eigenvalue weighted by molar-refractivity contribution is -0.141. The number of carbonyl (C=O) groups is 1. The van der Waals surface area contributed by atoms with E-state index in [4.69, 9.17) is 9.66 Å². The molecule has 0 aliphatic carbocycles. The first-order valence-electron chi connectivity index (χ1n) is 6.45. The molecule has 5 nitrogen and oxygen atoms in total. The van der Waals surface area contributed by atoms with Gasteiger partial charge in [-0.25, -0.2) is 0 Å². The number of carboxylic acid groups (broad SMARTS) is 1. The Balaban J connectivity index is 0.000000370. The van der Waals surface area contributed by atoms with Gasteiger partial charge in [0.05, 0.1) is 10.8 Å². The minimum atomic E-state index is -4.02. The van der Waals surface area contributed by atoms with Crippen molar-refractivity contribution in [2.75, 3.05) is 0 Å². The molecule has 0 fully saturated rings. The number of aryl methyl sites for hydroxylation is 1. The highest BCUT2D eigenvalue weighted by Gasteiger charge is 2.08. The van der Waals surface area contributed by atoms with Crippen LogP contribution in [0.15, 0.2) is 29.2 Å². The van der Waals surface area contributed by atoms with E-state index in [1.807, 2.05) is 6.92 Å². The fourth-order valence-electron chi connectivity index (χ4n) is 1.34. The third-order valence-electron chi connectivity index (χ3n) is 2.73. The van der Waals surface area contributed by atoms with Crippen LogP contribution in [-0.4, -0.2) is 24.0 Å². The van der Waals surface area contributed by atoms with E-state index in [9.17, 15) is 13.2 Å². The van der Waals surface area contributed by atoms with Crippen LogP contribution in [0, 0.1) is 12.8 Å². The summed E-state index contributed by atoms with van der Waals surface area (Å²) in [6.45, 7) is 5.65. The third-order valence-corrected chi connectivity index (χ3v) is 3.60.